The zero-order valence-corrected chi connectivity index (χ0v) is 22.9. The third-order valence-corrected chi connectivity index (χ3v) is 12.1. The van der Waals surface area contributed by atoms with Gasteiger partial charge in [0, 0.05) is 64.2 Å². The molecule has 2 aliphatic heterocycles. The second kappa shape index (κ2) is 7.68. The fraction of sp³-hybridized carbons (Fsp3) is 0.929. The molecule has 206 valence electrons. The van der Waals surface area contributed by atoms with Gasteiger partial charge in [-0.1, -0.05) is 13.8 Å². The molecule has 0 aromatic heterocycles. The van der Waals surface area contributed by atoms with Crippen molar-refractivity contribution in [3.05, 3.63) is 0 Å². The van der Waals surface area contributed by atoms with Gasteiger partial charge in [-0.3, -0.25) is 14.5 Å². The van der Waals surface area contributed by atoms with Gasteiger partial charge in [0.15, 0.2) is 5.60 Å². The van der Waals surface area contributed by atoms with Crippen LogP contribution in [0, 0.1) is 34.5 Å². The van der Waals surface area contributed by atoms with E-state index >= 15 is 0 Å². The highest BCUT2D eigenvalue weighted by molar-refractivity contribution is 5.67. The quantitative estimate of drug-likeness (QED) is 0.507. The van der Waals surface area contributed by atoms with Crippen LogP contribution in [0.15, 0.2) is 0 Å². The SMILES string of the molecule is CCN1C[C@]2(C)CC[C@H](OC)[C@@]34[C@@H]5C[C@H]6[C@H](OC(C)=O)[C@@H]5[C@@]5(C[C@@H]6OC)OCO[C@@]5([C@@H](OC(C)=O)[C@H]23)[C@@H]14. The van der Waals surface area contributed by atoms with E-state index in [0.717, 1.165) is 32.4 Å². The van der Waals surface area contributed by atoms with Crippen LogP contribution in [0.3, 0.4) is 0 Å². The molecule has 2 saturated heterocycles. The molecule has 0 aromatic carbocycles. The predicted molar refractivity (Wildman–Crippen MR) is 129 cm³/mol. The normalized spacial score (nSPS) is 56.6. The van der Waals surface area contributed by atoms with Crippen LogP contribution in [0.5, 0.6) is 0 Å². The van der Waals surface area contributed by atoms with Crippen LogP contribution in [-0.2, 0) is 38.0 Å². The summed E-state index contributed by atoms with van der Waals surface area (Å²) in [7, 11) is 3.57. The molecule has 7 rings (SSSR count). The fourth-order valence-electron chi connectivity index (χ4n) is 11.8. The highest BCUT2D eigenvalue weighted by atomic mass is 16.7. The third-order valence-electron chi connectivity index (χ3n) is 12.1. The molecule has 7 fully saturated rings. The molecular formula is C28H41NO8. The molecule has 13 atom stereocenters. The van der Waals surface area contributed by atoms with Gasteiger partial charge in [-0.05, 0) is 37.1 Å². The molecule has 7 bridgehead atoms. The van der Waals surface area contributed by atoms with Crippen LogP contribution in [0.25, 0.3) is 0 Å². The lowest BCUT2D eigenvalue weighted by Crippen LogP contribution is -2.81. The number of hydrogen-bond acceptors (Lipinski definition) is 9. The number of likely N-dealkylation sites (N-methyl/N-ethyl adjacent to an activating group) is 1. The van der Waals surface area contributed by atoms with Gasteiger partial charge >= 0.3 is 11.9 Å². The van der Waals surface area contributed by atoms with Gasteiger partial charge in [-0.2, -0.15) is 0 Å². The number of esters is 2. The molecule has 5 saturated carbocycles. The molecule has 2 heterocycles. The Kier molecular flexibility index (Phi) is 5.14. The van der Waals surface area contributed by atoms with Crippen molar-refractivity contribution in [1.82, 2.24) is 4.90 Å². The van der Waals surface area contributed by atoms with E-state index in [2.05, 4.69) is 18.7 Å². The molecular weight excluding hydrogens is 478 g/mol. The van der Waals surface area contributed by atoms with Crippen LogP contribution in [-0.4, -0.2) is 92.6 Å². The summed E-state index contributed by atoms with van der Waals surface area (Å²) in [6, 6.07) is -0.0336. The van der Waals surface area contributed by atoms with Crippen molar-refractivity contribution in [3.8, 4) is 0 Å². The highest BCUT2D eigenvalue weighted by Gasteiger charge is 2.94. The monoisotopic (exact) mass is 519 g/mol. The topological polar surface area (TPSA) is 92.8 Å². The number of nitrogens with zero attached hydrogens (tertiary/aromatic N) is 1. The zero-order valence-electron chi connectivity index (χ0n) is 22.9. The first-order valence-corrected chi connectivity index (χ1v) is 14.1. The van der Waals surface area contributed by atoms with E-state index in [0.29, 0.717) is 6.42 Å². The molecule has 0 unspecified atom stereocenters. The Labute approximate surface area is 218 Å². The number of hydrogen-bond donors (Lipinski definition) is 0. The summed E-state index contributed by atoms with van der Waals surface area (Å²) in [6.45, 7) is 9.50. The summed E-state index contributed by atoms with van der Waals surface area (Å²) < 4.78 is 38.9. The Hall–Kier alpha value is -1.26. The van der Waals surface area contributed by atoms with Gasteiger partial charge in [-0.25, -0.2) is 0 Å². The molecule has 7 aliphatic rings. The minimum Gasteiger partial charge on any atom is -0.462 e. The summed E-state index contributed by atoms with van der Waals surface area (Å²) in [5.41, 5.74) is -2.10. The lowest BCUT2D eigenvalue weighted by Gasteiger charge is -2.69. The Morgan fingerprint density at radius 1 is 1.08 bits per heavy atom. The first-order chi connectivity index (χ1) is 17.7. The smallest absolute Gasteiger partial charge is 0.303 e. The molecule has 0 aromatic rings. The predicted octanol–water partition coefficient (Wildman–Crippen LogP) is 2.15. The minimum atomic E-state index is -0.899. The first-order valence-electron chi connectivity index (χ1n) is 14.1. The van der Waals surface area contributed by atoms with E-state index in [1.165, 1.54) is 13.8 Å². The molecule has 0 N–H and O–H groups in total. The average Bonchev–Trinajstić information content (AvgIpc) is 3.41. The van der Waals surface area contributed by atoms with Crippen LogP contribution in [0.1, 0.15) is 53.4 Å². The number of methoxy groups -OCH3 is 2. The summed E-state index contributed by atoms with van der Waals surface area (Å²) in [6.07, 6.45) is 2.47. The van der Waals surface area contributed by atoms with Gasteiger partial charge < -0.3 is 28.4 Å². The molecule has 9 nitrogen and oxygen atoms in total. The lowest BCUT2D eigenvalue weighted by atomic mass is 9.43. The molecule has 0 amide bonds. The van der Waals surface area contributed by atoms with E-state index in [-0.39, 0.29) is 77.6 Å². The number of fused-ring (bicyclic) bond motifs is 1. The Bertz CT molecular complexity index is 1020. The third kappa shape index (κ3) is 2.51. The molecule has 5 aliphatic carbocycles. The molecule has 9 heteroatoms. The number of likely N-dealkylation sites (tertiary alicyclic amines) is 1. The van der Waals surface area contributed by atoms with E-state index in [1.54, 1.807) is 7.11 Å². The Balaban J connectivity index is 1.56. The van der Waals surface area contributed by atoms with Crippen molar-refractivity contribution in [1.29, 1.82) is 0 Å². The van der Waals surface area contributed by atoms with Crippen molar-refractivity contribution in [2.45, 2.75) is 95.0 Å². The van der Waals surface area contributed by atoms with Gasteiger partial charge in [0.05, 0.1) is 18.2 Å². The lowest BCUT2D eigenvalue weighted by molar-refractivity contribution is -0.282. The highest BCUT2D eigenvalue weighted by Crippen LogP contribution is 2.82. The number of piperidine rings is 1. The second-order valence-electron chi connectivity index (χ2n) is 13.1. The number of ether oxygens (including phenoxy) is 6. The van der Waals surface area contributed by atoms with Crippen LogP contribution < -0.4 is 0 Å². The van der Waals surface area contributed by atoms with Crippen LogP contribution in [0.4, 0.5) is 0 Å². The average molecular weight is 520 g/mol. The number of carbonyl (C=O) groups is 2. The summed E-state index contributed by atoms with van der Waals surface area (Å²) >= 11 is 0. The molecule has 3 spiro atoms. The Morgan fingerprint density at radius 2 is 1.84 bits per heavy atom. The van der Waals surface area contributed by atoms with E-state index < -0.39 is 17.3 Å². The van der Waals surface area contributed by atoms with Crippen LogP contribution in [0.2, 0.25) is 0 Å². The van der Waals surface area contributed by atoms with Crippen molar-refractivity contribution < 1.29 is 38.0 Å². The maximum atomic E-state index is 12.8. The molecule has 0 radical (unpaired) electrons. The first kappa shape index (κ1) is 24.8. The maximum Gasteiger partial charge on any atom is 0.303 e. The van der Waals surface area contributed by atoms with Crippen molar-refractivity contribution in [2.75, 3.05) is 34.1 Å². The zero-order chi connectivity index (χ0) is 26.1. The minimum absolute atomic E-state index is 0.0205. The van der Waals surface area contributed by atoms with Gasteiger partial charge in [0.1, 0.15) is 24.6 Å². The fourth-order valence-corrected chi connectivity index (χ4v) is 11.8. The largest absolute Gasteiger partial charge is 0.462 e. The van der Waals surface area contributed by atoms with Crippen molar-refractivity contribution in [2.24, 2.45) is 34.5 Å². The van der Waals surface area contributed by atoms with E-state index in [4.69, 9.17) is 28.4 Å². The number of rotatable bonds is 5. The van der Waals surface area contributed by atoms with Crippen LogP contribution >= 0.6 is 0 Å². The van der Waals surface area contributed by atoms with Crippen molar-refractivity contribution in [3.63, 3.8) is 0 Å². The van der Waals surface area contributed by atoms with Gasteiger partial charge in [0.2, 0.25) is 0 Å². The van der Waals surface area contributed by atoms with Gasteiger partial charge in [0.25, 0.3) is 0 Å². The van der Waals surface area contributed by atoms with E-state index in [1.807, 2.05) is 7.11 Å². The standard InChI is InChI=1S/C28H41NO8/c1-7-29-12-25(4)9-8-19(33-6)27-17-10-16-18(32-5)11-26(20(17)21(16)36-14(2)30)28(24(27)29,35-13-34-26)23(22(25)27)37-15(3)31/h16-24H,7-13H2,1-6H3/t16-,17-,18+,19+,20-,21+,22-,23+,24+,25+,26-,27+,28+/m1/s1. The molecule has 37 heavy (non-hydrogen) atoms. The summed E-state index contributed by atoms with van der Waals surface area (Å²) in [5, 5.41) is 0. The van der Waals surface area contributed by atoms with Gasteiger partial charge in [-0.15, -0.1) is 0 Å². The Morgan fingerprint density at radius 3 is 2.49 bits per heavy atom. The summed E-state index contributed by atoms with van der Waals surface area (Å²) in [4.78, 5) is 27.9. The second-order valence-corrected chi connectivity index (χ2v) is 13.1. The number of carbonyl (C=O) groups excluding carboxylic acids is 2. The maximum absolute atomic E-state index is 12.8. The van der Waals surface area contributed by atoms with Crippen molar-refractivity contribution >= 4 is 11.9 Å². The summed E-state index contributed by atoms with van der Waals surface area (Å²) in [5.74, 6) is -0.357. The van der Waals surface area contributed by atoms with E-state index in [9.17, 15) is 9.59 Å².